The molecule has 1 rings (SSSR count). The van der Waals surface area contributed by atoms with Gasteiger partial charge in [0.1, 0.15) is 4.99 Å². The second-order valence-corrected chi connectivity index (χ2v) is 3.01. The van der Waals surface area contributed by atoms with Gasteiger partial charge >= 0.3 is 0 Å². The summed E-state index contributed by atoms with van der Waals surface area (Å²) in [4.78, 5) is 0.485. The summed E-state index contributed by atoms with van der Waals surface area (Å²) in [6.45, 7) is 0. The molecule has 1 aromatic rings. The first-order valence-electron chi connectivity index (χ1n) is 3.80. The van der Waals surface area contributed by atoms with Crippen LogP contribution in [-0.4, -0.2) is 10.2 Å². The molecule has 0 aliphatic carbocycles. The highest BCUT2D eigenvalue weighted by Crippen LogP contribution is 2.02. The fraction of sp³-hybridized carbons (Fsp3) is 0.222. The maximum absolute atomic E-state index is 8.42. The fourth-order valence-corrected chi connectivity index (χ4v) is 1.06. The van der Waals surface area contributed by atoms with Crippen LogP contribution in [0.5, 0.6) is 0 Å². The summed E-state index contributed by atoms with van der Waals surface area (Å²) in [6, 6.07) is 10.0. The van der Waals surface area contributed by atoms with E-state index in [0.717, 1.165) is 6.42 Å². The van der Waals surface area contributed by atoms with Crippen LogP contribution in [0.3, 0.4) is 0 Å². The summed E-state index contributed by atoms with van der Waals surface area (Å²) in [5.41, 5.74) is 3.20. The minimum absolute atomic E-state index is 0.485. The van der Waals surface area contributed by atoms with Crippen molar-refractivity contribution in [3.8, 4) is 0 Å². The average Bonchev–Trinajstić information content (AvgIpc) is 2.16. The number of hydroxylamine groups is 1. The predicted molar refractivity (Wildman–Crippen MR) is 52.3 cm³/mol. The van der Waals surface area contributed by atoms with Gasteiger partial charge in [-0.1, -0.05) is 42.5 Å². The number of hydrogen-bond acceptors (Lipinski definition) is 2. The van der Waals surface area contributed by atoms with Crippen molar-refractivity contribution in [2.75, 3.05) is 0 Å². The van der Waals surface area contributed by atoms with E-state index in [0.29, 0.717) is 11.4 Å². The second kappa shape index (κ2) is 4.85. The van der Waals surface area contributed by atoms with Gasteiger partial charge in [0.2, 0.25) is 0 Å². The minimum atomic E-state index is 0.485. The molecular formula is C9H11NOS. The Morgan fingerprint density at radius 2 is 2.00 bits per heavy atom. The van der Waals surface area contributed by atoms with Gasteiger partial charge < -0.3 is 0 Å². The lowest BCUT2D eigenvalue weighted by Crippen LogP contribution is -2.16. The Morgan fingerprint density at radius 3 is 2.58 bits per heavy atom. The van der Waals surface area contributed by atoms with E-state index >= 15 is 0 Å². The van der Waals surface area contributed by atoms with Crippen LogP contribution in [0.2, 0.25) is 0 Å². The van der Waals surface area contributed by atoms with Crippen LogP contribution in [0.4, 0.5) is 0 Å². The summed E-state index contributed by atoms with van der Waals surface area (Å²) in [5.74, 6) is 0. The SMILES string of the molecule is ONC(=S)CCc1ccccc1. The summed E-state index contributed by atoms with van der Waals surface area (Å²) in [6.07, 6.45) is 1.56. The Bertz CT molecular complexity index is 248. The van der Waals surface area contributed by atoms with Gasteiger partial charge in [-0.15, -0.1) is 0 Å². The first kappa shape index (κ1) is 9.16. The number of rotatable bonds is 3. The zero-order valence-corrected chi connectivity index (χ0v) is 7.47. The monoisotopic (exact) mass is 181 g/mol. The van der Waals surface area contributed by atoms with Gasteiger partial charge in [-0.25, -0.2) is 0 Å². The first-order valence-corrected chi connectivity index (χ1v) is 4.20. The second-order valence-electron chi connectivity index (χ2n) is 2.52. The summed E-state index contributed by atoms with van der Waals surface area (Å²) < 4.78 is 0. The van der Waals surface area contributed by atoms with Gasteiger partial charge in [0.25, 0.3) is 0 Å². The van der Waals surface area contributed by atoms with E-state index in [-0.39, 0.29) is 0 Å². The van der Waals surface area contributed by atoms with Gasteiger partial charge in [-0.2, -0.15) is 0 Å². The molecule has 3 heteroatoms. The third kappa shape index (κ3) is 2.98. The molecule has 0 bridgehead atoms. The zero-order valence-electron chi connectivity index (χ0n) is 6.66. The third-order valence-electron chi connectivity index (χ3n) is 1.61. The van der Waals surface area contributed by atoms with Crippen LogP contribution in [0.15, 0.2) is 30.3 Å². The smallest absolute Gasteiger partial charge is 0.100 e. The van der Waals surface area contributed by atoms with Gasteiger partial charge in [-0.05, 0) is 12.0 Å². The highest BCUT2D eigenvalue weighted by molar-refractivity contribution is 7.80. The topological polar surface area (TPSA) is 32.3 Å². The molecule has 0 saturated carbocycles. The molecule has 0 saturated heterocycles. The van der Waals surface area contributed by atoms with Crippen molar-refractivity contribution in [1.29, 1.82) is 0 Å². The normalized spacial score (nSPS) is 9.42. The van der Waals surface area contributed by atoms with Crippen molar-refractivity contribution in [1.82, 2.24) is 5.48 Å². The van der Waals surface area contributed by atoms with Crippen LogP contribution in [-0.2, 0) is 6.42 Å². The Balaban J connectivity index is 2.38. The maximum atomic E-state index is 8.42. The molecule has 0 atom stereocenters. The van der Waals surface area contributed by atoms with Crippen LogP contribution in [0, 0.1) is 0 Å². The Labute approximate surface area is 77.2 Å². The van der Waals surface area contributed by atoms with Crippen LogP contribution in [0.25, 0.3) is 0 Å². The molecule has 64 valence electrons. The maximum Gasteiger partial charge on any atom is 0.100 e. The molecule has 0 spiro atoms. The highest BCUT2D eigenvalue weighted by Gasteiger charge is 1.95. The molecule has 2 nitrogen and oxygen atoms in total. The molecule has 0 amide bonds. The molecule has 2 N–H and O–H groups in total. The van der Waals surface area contributed by atoms with Gasteiger partial charge in [0, 0.05) is 6.42 Å². The van der Waals surface area contributed by atoms with E-state index in [4.69, 9.17) is 17.4 Å². The highest BCUT2D eigenvalue weighted by atomic mass is 32.1. The van der Waals surface area contributed by atoms with Crippen molar-refractivity contribution in [3.63, 3.8) is 0 Å². The van der Waals surface area contributed by atoms with Crippen LogP contribution >= 0.6 is 12.2 Å². The van der Waals surface area contributed by atoms with E-state index in [9.17, 15) is 0 Å². The van der Waals surface area contributed by atoms with Crippen molar-refractivity contribution in [3.05, 3.63) is 35.9 Å². The minimum Gasteiger partial charge on any atom is -0.291 e. The van der Waals surface area contributed by atoms with Gasteiger partial charge in [0.05, 0.1) is 0 Å². The number of thiocarbonyl (C=S) groups is 1. The molecule has 0 fully saturated rings. The van der Waals surface area contributed by atoms with Crippen molar-refractivity contribution in [2.45, 2.75) is 12.8 Å². The zero-order chi connectivity index (χ0) is 8.81. The van der Waals surface area contributed by atoms with Crippen molar-refractivity contribution < 1.29 is 5.21 Å². The summed E-state index contributed by atoms with van der Waals surface area (Å²) in [5, 5.41) is 8.42. The van der Waals surface area contributed by atoms with Crippen molar-refractivity contribution in [2.24, 2.45) is 0 Å². The quantitative estimate of drug-likeness (QED) is 0.552. The molecule has 0 unspecified atom stereocenters. The van der Waals surface area contributed by atoms with E-state index in [1.165, 1.54) is 5.56 Å². The average molecular weight is 181 g/mol. The van der Waals surface area contributed by atoms with Crippen LogP contribution < -0.4 is 5.48 Å². The Hall–Kier alpha value is -0.930. The lowest BCUT2D eigenvalue weighted by Gasteiger charge is -2.01. The lowest BCUT2D eigenvalue weighted by molar-refractivity contribution is 0.235. The standard InChI is InChI=1S/C9H11NOS/c11-10-9(12)7-6-8-4-2-1-3-5-8/h1-5,11H,6-7H2,(H,10,12). The molecule has 0 aliphatic heterocycles. The molecule has 0 aliphatic rings. The number of nitrogens with one attached hydrogen (secondary N) is 1. The third-order valence-corrected chi connectivity index (χ3v) is 1.90. The molecular weight excluding hydrogens is 170 g/mol. The molecule has 1 aromatic carbocycles. The van der Waals surface area contributed by atoms with Gasteiger partial charge in [0.15, 0.2) is 0 Å². The van der Waals surface area contributed by atoms with Crippen LogP contribution in [0.1, 0.15) is 12.0 Å². The molecule has 12 heavy (non-hydrogen) atoms. The summed E-state index contributed by atoms with van der Waals surface area (Å²) >= 11 is 4.79. The largest absolute Gasteiger partial charge is 0.291 e. The van der Waals surface area contributed by atoms with E-state index < -0.39 is 0 Å². The predicted octanol–water partition coefficient (Wildman–Crippen LogP) is 1.93. The number of benzene rings is 1. The lowest BCUT2D eigenvalue weighted by atomic mass is 10.1. The summed E-state index contributed by atoms with van der Waals surface area (Å²) in [7, 11) is 0. The fourth-order valence-electron chi connectivity index (χ4n) is 0.958. The van der Waals surface area contributed by atoms with Crippen molar-refractivity contribution >= 4 is 17.2 Å². The first-order chi connectivity index (χ1) is 5.83. The van der Waals surface area contributed by atoms with E-state index in [2.05, 4.69) is 0 Å². The Morgan fingerprint density at radius 1 is 1.33 bits per heavy atom. The Kier molecular flexibility index (Phi) is 3.70. The molecule has 0 heterocycles. The van der Waals surface area contributed by atoms with E-state index in [1.807, 2.05) is 35.8 Å². The molecule has 0 aromatic heterocycles. The number of aryl methyl sites for hydroxylation is 1. The van der Waals surface area contributed by atoms with E-state index in [1.54, 1.807) is 0 Å². The molecule has 0 radical (unpaired) electrons. The van der Waals surface area contributed by atoms with Gasteiger partial charge in [-0.3, -0.25) is 10.7 Å². The number of hydrogen-bond donors (Lipinski definition) is 2.